The van der Waals surface area contributed by atoms with E-state index < -0.39 is 10.0 Å². The molecule has 2 amide bonds. The number of benzene rings is 1. The highest BCUT2D eigenvalue weighted by atomic mass is 32.2. The summed E-state index contributed by atoms with van der Waals surface area (Å²) in [5.74, 6) is 1.41. The number of hydrogen-bond acceptors (Lipinski definition) is 6. The van der Waals surface area contributed by atoms with Gasteiger partial charge in [0.05, 0.1) is 10.6 Å². The largest absolute Gasteiger partial charge is 0.355 e. The molecule has 0 atom stereocenters. The summed E-state index contributed by atoms with van der Waals surface area (Å²) < 4.78 is 28.2. The molecule has 174 valence electrons. The lowest BCUT2D eigenvalue weighted by atomic mass is 10.2. The van der Waals surface area contributed by atoms with Gasteiger partial charge in [0.2, 0.25) is 15.9 Å². The fraction of sp³-hybridized carbons (Fsp3) is 0.476. The number of nitrogens with one attached hydrogen (secondary N) is 2. The van der Waals surface area contributed by atoms with Crippen LogP contribution < -0.4 is 10.6 Å². The van der Waals surface area contributed by atoms with Gasteiger partial charge in [-0.3, -0.25) is 9.59 Å². The molecule has 1 aromatic heterocycles. The third-order valence-corrected chi connectivity index (χ3v) is 8.21. The Kier molecular flexibility index (Phi) is 7.96. The number of aromatic nitrogens is 2. The lowest BCUT2D eigenvalue weighted by Crippen LogP contribution is -2.30. The van der Waals surface area contributed by atoms with Crippen molar-refractivity contribution < 1.29 is 18.0 Å². The number of sulfonamides is 1. The minimum Gasteiger partial charge on any atom is -0.355 e. The van der Waals surface area contributed by atoms with Crippen molar-refractivity contribution in [2.45, 2.75) is 50.1 Å². The van der Waals surface area contributed by atoms with Crippen LogP contribution in [0.1, 0.15) is 48.8 Å². The molecule has 0 saturated carbocycles. The number of nitrogens with zero attached hydrogens (tertiary/aromatic N) is 3. The van der Waals surface area contributed by atoms with Crippen molar-refractivity contribution in [3.05, 3.63) is 41.1 Å². The molecule has 3 rings (SSSR count). The maximum atomic E-state index is 12.9. The van der Waals surface area contributed by atoms with Crippen LogP contribution >= 0.6 is 11.8 Å². The Hall–Kier alpha value is -2.37. The molecule has 32 heavy (non-hydrogen) atoms. The van der Waals surface area contributed by atoms with Gasteiger partial charge in [0.1, 0.15) is 12.4 Å². The average Bonchev–Trinajstić information content (AvgIpc) is 3.35. The topological polar surface area (TPSA) is 113 Å². The summed E-state index contributed by atoms with van der Waals surface area (Å²) in [6.45, 7) is 6.90. The zero-order valence-corrected chi connectivity index (χ0v) is 20.2. The number of fused-ring (bicyclic) bond motifs is 1. The molecule has 0 saturated heterocycles. The highest BCUT2D eigenvalue weighted by molar-refractivity contribution is 7.98. The van der Waals surface area contributed by atoms with E-state index in [9.17, 15) is 18.0 Å². The molecule has 1 aliphatic heterocycles. The number of carbonyl (C=O) groups is 2. The molecule has 0 bridgehead atoms. The number of amides is 2. The van der Waals surface area contributed by atoms with Crippen LogP contribution in [0.5, 0.6) is 0 Å². The van der Waals surface area contributed by atoms with Crippen LogP contribution in [0.3, 0.4) is 0 Å². The zero-order chi connectivity index (χ0) is 23.3. The summed E-state index contributed by atoms with van der Waals surface area (Å²) in [6, 6.07) is 5.88. The highest BCUT2D eigenvalue weighted by Crippen LogP contribution is 2.35. The second kappa shape index (κ2) is 10.5. The van der Waals surface area contributed by atoms with Crippen molar-refractivity contribution in [1.29, 1.82) is 0 Å². The normalized spacial score (nSPS) is 13.2. The van der Waals surface area contributed by atoms with E-state index in [1.165, 1.54) is 33.3 Å². The maximum Gasteiger partial charge on any atom is 0.256 e. The summed E-state index contributed by atoms with van der Waals surface area (Å²) in [6.07, 6.45) is 0.835. The molecule has 2 heterocycles. The van der Waals surface area contributed by atoms with E-state index in [2.05, 4.69) is 15.7 Å². The average molecular weight is 480 g/mol. The van der Waals surface area contributed by atoms with Crippen molar-refractivity contribution in [3.8, 4) is 0 Å². The Bertz CT molecular complexity index is 1080. The van der Waals surface area contributed by atoms with E-state index in [1.807, 2.05) is 6.92 Å². The molecule has 2 N–H and O–H groups in total. The molecule has 0 spiro atoms. The third-order valence-electron chi connectivity index (χ3n) is 5.18. The molecule has 2 aromatic rings. The zero-order valence-electron chi connectivity index (χ0n) is 18.6. The van der Waals surface area contributed by atoms with Crippen molar-refractivity contribution in [2.75, 3.05) is 25.0 Å². The Morgan fingerprint density at radius 3 is 2.44 bits per heavy atom. The molecule has 11 heteroatoms. The van der Waals surface area contributed by atoms with Crippen LogP contribution in [0.25, 0.3) is 0 Å². The quantitative estimate of drug-likeness (QED) is 0.541. The number of carbonyl (C=O) groups excluding carboxylic acids is 2. The minimum atomic E-state index is -3.59. The number of anilines is 1. The minimum absolute atomic E-state index is 0.0222. The van der Waals surface area contributed by atoms with Crippen LogP contribution in [0, 0.1) is 0 Å². The second-order valence-corrected chi connectivity index (χ2v) is 10.3. The standard InChI is InChI=1S/C21H29N5O4S2/c1-4-11-22-19(27)12-26-20(17-13-31-14-18(17)24-26)23-21(28)15-7-9-16(10-8-15)32(29,30)25(5-2)6-3/h7-10H,4-6,11-14H2,1-3H3,(H,22,27)(H,23,28). The molecule has 9 nitrogen and oxygen atoms in total. The van der Waals surface area contributed by atoms with Gasteiger partial charge in [0.25, 0.3) is 5.91 Å². The highest BCUT2D eigenvalue weighted by Gasteiger charge is 2.26. The lowest BCUT2D eigenvalue weighted by molar-refractivity contribution is -0.121. The van der Waals surface area contributed by atoms with Crippen LogP contribution in [-0.4, -0.2) is 54.0 Å². The number of hydrogen-bond donors (Lipinski definition) is 2. The first-order valence-electron chi connectivity index (χ1n) is 10.7. The molecule has 1 aromatic carbocycles. The van der Waals surface area contributed by atoms with Crippen LogP contribution in [-0.2, 0) is 32.9 Å². The molecule has 0 radical (unpaired) electrons. The molecule has 1 aliphatic rings. The van der Waals surface area contributed by atoms with Gasteiger partial charge in [0.15, 0.2) is 0 Å². The van der Waals surface area contributed by atoms with Gasteiger partial charge >= 0.3 is 0 Å². The van der Waals surface area contributed by atoms with E-state index in [4.69, 9.17) is 0 Å². The first kappa shape index (κ1) is 24.3. The van der Waals surface area contributed by atoms with Gasteiger partial charge in [-0.1, -0.05) is 20.8 Å². The Morgan fingerprint density at radius 2 is 1.81 bits per heavy atom. The summed E-state index contributed by atoms with van der Waals surface area (Å²) in [7, 11) is -3.59. The fourth-order valence-electron chi connectivity index (χ4n) is 3.45. The van der Waals surface area contributed by atoms with Crippen molar-refractivity contribution >= 4 is 39.4 Å². The first-order chi connectivity index (χ1) is 15.3. The molecular weight excluding hydrogens is 450 g/mol. The van der Waals surface area contributed by atoms with Gasteiger partial charge in [0, 0.05) is 42.3 Å². The van der Waals surface area contributed by atoms with Crippen molar-refractivity contribution in [3.63, 3.8) is 0 Å². The third kappa shape index (κ3) is 5.16. The van der Waals surface area contributed by atoms with Gasteiger partial charge < -0.3 is 10.6 Å². The predicted octanol–water partition coefficient (Wildman–Crippen LogP) is 2.44. The Balaban J connectivity index is 1.79. The van der Waals surface area contributed by atoms with Crippen LogP contribution in [0.15, 0.2) is 29.2 Å². The Morgan fingerprint density at radius 1 is 1.12 bits per heavy atom. The molecular formula is C21H29N5O4S2. The van der Waals surface area contributed by atoms with Crippen LogP contribution in [0.2, 0.25) is 0 Å². The second-order valence-electron chi connectivity index (χ2n) is 7.34. The fourth-order valence-corrected chi connectivity index (χ4v) is 5.94. The van der Waals surface area contributed by atoms with E-state index in [0.29, 0.717) is 36.8 Å². The van der Waals surface area contributed by atoms with E-state index >= 15 is 0 Å². The number of rotatable bonds is 10. The summed E-state index contributed by atoms with van der Waals surface area (Å²) in [5, 5.41) is 10.2. The number of thioether (sulfide) groups is 1. The van der Waals surface area contributed by atoms with E-state index in [1.54, 1.807) is 25.6 Å². The van der Waals surface area contributed by atoms with Crippen LogP contribution in [0.4, 0.5) is 5.82 Å². The molecule has 0 aliphatic carbocycles. The smallest absolute Gasteiger partial charge is 0.256 e. The van der Waals surface area contributed by atoms with Gasteiger partial charge in [-0.15, -0.1) is 0 Å². The maximum absolute atomic E-state index is 12.9. The van der Waals surface area contributed by atoms with E-state index in [-0.39, 0.29) is 23.3 Å². The molecule has 0 unspecified atom stereocenters. The van der Waals surface area contributed by atoms with E-state index in [0.717, 1.165) is 23.4 Å². The first-order valence-corrected chi connectivity index (χ1v) is 13.3. The SMILES string of the molecule is CCCNC(=O)Cn1nc2c(c1NC(=O)c1ccc(S(=O)(=O)N(CC)CC)cc1)CSC2. The predicted molar refractivity (Wildman–Crippen MR) is 125 cm³/mol. The van der Waals surface area contributed by atoms with Gasteiger partial charge in [-0.05, 0) is 30.7 Å². The van der Waals surface area contributed by atoms with Gasteiger partial charge in [-0.25, -0.2) is 13.1 Å². The van der Waals surface area contributed by atoms with Gasteiger partial charge in [-0.2, -0.15) is 21.2 Å². The summed E-state index contributed by atoms with van der Waals surface area (Å²) >= 11 is 1.70. The van der Waals surface area contributed by atoms with Crippen molar-refractivity contribution in [1.82, 2.24) is 19.4 Å². The molecule has 0 fully saturated rings. The van der Waals surface area contributed by atoms with Crippen molar-refractivity contribution in [2.24, 2.45) is 0 Å². The lowest BCUT2D eigenvalue weighted by Gasteiger charge is -2.18. The Labute approximate surface area is 193 Å². The summed E-state index contributed by atoms with van der Waals surface area (Å²) in [5.41, 5.74) is 2.12. The monoisotopic (exact) mass is 479 g/mol. The summed E-state index contributed by atoms with van der Waals surface area (Å²) in [4.78, 5) is 25.2.